The predicted molar refractivity (Wildman–Crippen MR) is 115 cm³/mol. The van der Waals surface area contributed by atoms with E-state index >= 15 is 0 Å². The molecule has 4 rings (SSSR count). The molecule has 0 aliphatic carbocycles. The summed E-state index contributed by atoms with van der Waals surface area (Å²) in [5.74, 6) is -0.166. The van der Waals surface area contributed by atoms with Gasteiger partial charge in [-0.15, -0.1) is 0 Å². The van der Waals surface area contributed by atoms with Gasteiger partial charge in [0.05, 0.1) is 5.69 Å². The molecule has 1 aromatic carbocycles. The third-order valence-electron chi connectivity index (χ3n) is 5.41. The molecule has 0 unspecified atom stereocenters. The van der Waals surface area contributed by atoms with Crippen molar-refractivity contribution in [3.05, 3.63) is 65.6 Å². The molecule has 30 heavy (non-hydrogen) atoms. The number of rotatable bonds is 4. The number of pyridine rings is 1. The Morgan fingerprint density at radius 1 is 1.10 bits per heavy atom. The van der Waals surface area contributed by atoms with Crippen molar-refractivity contribution in [3.8, 4) is 11.3 Å². The topological polar surface area (TPSA) is 91.0 Å². The number of nitrogens with zero attached hydrogens (tertiary/aromatic N) is 3. The third-order valence-corrected chi connectivity index (χ3v) is 5.41. The van der Waals surface area contributed by atoms with Gasteiger partial charge in [0.25, 0.3) is 5.91 Å². The number of H-pyrrole nitrogens is 1. The normalized spacial score (nSPS) is 14.5. The number of carbonyl (C=O) groups excluding carboxylic acids is 2. The van der Waals surface area contributed by atoms with Crippen LogP contribution in [0.3, 0.4) is 0 Å². The minimum absolute atomic E-state index is 0.0208. The van der Waals surface area contributed by atoms with Crippen LogP contribution in [-0.4, -0.2) is 45.0 Å². The Hall–Kier alpha value is -3.48. The highest BCUT2D eigenvalue weighted by Crippen LogP contribution is 2.23. The molecule has 1 saturated heterocycles. The number of likely N-dealkylation sites (tertiary alicyclic amines) is 1. The lowest BCUT2D eigenvalue weighted by molar-refractivity contribution is -0.121. The van der Waals surface area contributed by atoms with E-state index in [1.165, 1.54) is 0 Å². The van der Waals surface area contributed by atoms with Crippen LogP contribution in [0, 0.1) is 19.8 Å². The standard InChI is InChI=1S/C23H25N5O2/c1-15-10-16(2)12-19(11-15)25-22(29)17-5-8-28(9-6-17)23(30)21-13-20(26-27-21)18-4-3-7-24-14-18/h3-4,7,10-14,17H,5-6,8-9H2,1-2H3,(H,25,29)(H,26,27). The van der Waals surface area contributed by atoms with Crippen LogP contribution < -0.4 is 5.32 Å². The maximum absolute atomic E-state index is 12.8. The fourth-order valence-electron chi connectivity index (χ4n) is 3.90. The Bertz CT molecular complexity index is 1030. The number of aromatic nitrogens is 3. The van der Waals surface area contributed by atoms with E-state index in [0.29, 0.717) is 37.3 Å². The van der Waals surface area contributed by atoms with Crippen LogP contribution in [0.15, 0.2) is 48.8 Å². The largest absolute Gasteiger partial charge is 0.337 e. The quantitative estimate of drug-likeness (QED) is 0.697. The molecule has 154 valence electrons. The molecule has 0 saturated carbocycles. The molecule has 0 atom stereocenters. The van der Waals surface area contributed by atoms with E-state index in [1.807, 2.05) is 38.1 Å². The van der Waals surface area contributed by atoms with Crippen LogP contribution in [0.2, 0.25) is 0 Å². The van der Waals surface area contributed by atoms with Crippen LogP contribution in [-0.2, 0) is 4.79 Å². The van der Waals surface area contributed by atoms with Crippen molar-refractivity contribution in [3.63, 3.8) is 0 Å². The molecular weight excluding hydrogens is 378 g/mol. The summed E-state index contributed by atoms with van der Waals surface area (Å²) in [6, 6.07) is 11.5. The molecule has 2 amide bonds. The van der Waals surface area contributed by atoms with Crippen molar-refractivity contribution in [2.45, 2.75) is 26.7 Å². The smallest absolute Gasteiger partial charge is 0.271 e. The maximum atomic E-state index is 12.8. The van der Waals surface area contributed by atoms with Crippen LogP contribution in [0.25, 0.3) is 11.3 Å². The molecule has 0 spiro atoms. The first-order valence-electron chi connectivity index (χ1n) is 10.1. The maximum Gasteiger partial charge on any atom is 0.271 e. The van der Waals surface area contributed by atoms with Gasteiger partial charge in [-0.25, -0.2) is 0 Å². The number of aryl methyl sites for hydroxylation is 2. The third kappa shape index (κ3) is 4.40. The van der Waals surface area contributed by atoms with Crippen molar-refractivity contribution in [2.75, 3.05) is 18.4 Å². The molecule has 1 fully saturated rings. The second-order valence-corrected chi connectivity index (χ2v) is 7.84. The number of amides is 2. The van der Waals surface area contributed by atoms with E-state index in [-0.39, 0.29) is 17.7 Å². The zero-order valence-electron chi connectivity index (χ0n) is 17.2. The fraction of sp³-hybridized carbons (Fsp3) is 0.304. The van der Waals surface area contributed by atoms with Gasteiger partial charge in [0.1, 0.15) is 5.69 Å². The van der Waals surface area contributed by atoms with E-state index in [4.69, 9.17) is 0 Å². The highest BCUT2D eigenvalue weighted by atomic mass is 16.2. The molecule has 3 heterocycles. The number of aromatic amines is 1. The molecule has 7 heteroatoms. The van der Waals surface area contributed by atoms with Gasteiger partial charge in [-0.3, -0.25) is 19.7 Å². The van der Waals surface area contributed by atoms with Gasteiger partial charge in [-0.1, -0.05) is 6.07 Å². The minimum atomic E-state index is -0.0948. The van der Waals surface area contributed by atoms with Gasteiger partial charge in [0, 0.05) is 42.7 Å². The summed E-state index contributed by atoms with van der Waals surface area (Å²) in [5.41, 5.74) is 5.07. The van der Waals surface area contributed by atoms with E-state index in [1.54, 1.807) is 23.4 Å². The lowest BCUT2D eigenvalue weighted by Crippen LogP contribution is -2.41. The molecule has 7 nitrogen and oxygen atoms in total. The number of hydrogen-bond donors (Lipinski definition) is 2. The molecule has 3 aromatic rings. The molecule has 0 bridgehead atoms. The Morgan fingerprint density at radius 3 is 2.50 bits per heavy atom. The zero-order valence-corrected chi connectivity index (χ0v) is 17.2. The fourth-order valence-corrected chi connectivity index (χ4v) is 3.90. The van der Waals surface area contributed by atoms with Gasteiger partial charge >= 0.3 is 0 Å². The van der Waals surface area contributed by atoms with Gasteiger partial charge in [0.2, 0.25) is 5.91 Å². The summed E-state index contributed by atoms with van der Waals surface area (Å²) in [6.45, 7) is 5.12. The molecule has 0 radical (unpaired) electrons. The molecule has 2 N–H and O–H groups in total. The summed E-state index contributed by atoms with van der Waals surface area (Å²) in [4.78, 5) is 31.3. The van der Waals surface area contributed by atoms with Gasteiger partial charge in [0.15, 0.2) is 0 Å². The Kier molecular flexibility index (Phi) is 5.61. The Labute approximate surface area is 175 Å². The van der Waals surface area contributed by atoms with E-state index in [2.05, 4.69) is 26.6 Å². The molecule has 1 aliphatic heterocycles. The lowest BCUT2D eigenvalue weighted by Gasteiger charge is -2.31. The number of carbonyl (C=O) groups is 2. The van der Waals surface area contributed by atoms with Gasteiger partial charge in [-0.05, 0) is 68.1 Å². The first kappa shape index (κ1) is 19.8. The summed E-state index contributed by atoms with van der Waals surface area (Å²) in [7, 11) is 0. The van der Waals surface area contributed by atoms with Gasteiger partial charge < -0.3 is 10.2 Å². The van der Waals surface area contributed by atoms with Crippen molar-refractivity contribution in [2.24, 2.45) is 5.92 Å². The SMILES string of the molecule is Cc1cc(C)cc(NC(=O)C2CCN(C(=O)c3cc(-c4cccnc4)n[nH]3)CC2)c1. The number of piperidine rings is 1. The van der Waals surface area contributed by atoms with Crippen LogP contribution in [0.5, 0.6) is 0 Å². The summed E-state index contributed by atoms with van der Waals surface area (Å²) < 4.78 is 0. The minimum Gasteiger partial charge on any atom is -0.337 e. The lowest BCUT2D eigenvalue weighted by atomic mass is 9.95. The highest BCUT2D eigenvalue weighted by Gasteiger charge is 2.28. The second kappa shape index (κ2) is 8.49. The molecular formula is C23H25N5O2. The van der Waals surface area contributed by atoms with Gasteiger partial charge in [-0.2, -0.15) is 5.10 Å². The van der Waals surface area contributed by atoms with Crippen LogP contribution >= 0.6 is 0 Å². The van der Waals surface area contributed by atoms with E-state index < -0.39 is 0 Å². The first-order chi connectivity index (χ1) is 14.5. The number of anilines is 1. The number of hydrogen-bond acceptors (Lipinski definition) is 4. The Morgan fingerprint density at radius 2 is 1.83 bits per heavy atom. The summed E-state index contributed by atoms with van der Waals surface area (Å²) in [5, 5.41) is 10.1. The van der Waals surface area contributed by atoms with Crippen molar-refractivity contribution in [1.82, 2.24) is 20.1 Å². The van der Waals surface area contributed by atoms with Crippen molar-refractivity contribution < 1.29 is 9.59 Å². The monoisotopic (exact) mass is 403 g/mol. The highest BCUT2D eigenvalue weighted by molar-refractivity contribution is 5.95. The number of benzene rings is 1. The number of nitrogens with one attached hydrogen (secondary N) is 2. The van der Waals surface area contributed by atoms with Crippen LogP contribution in [0.4, 0.5) is 5.69 Å². The molecule has 1 aliphatic rings. The van der Waals surface area contributed by atoms with Crippen molar-refractivity contribution >= 4 is 17.5 Å². The first-order valence-corrected chi connectivity index (χ1v) is 10.1. The summed E-state index contributed by atoms with van der Waals surface area (Å²) in [6.07, 6.45) is 4.70. The average molecular weight is 403 g/mol. The molecule has 2 aromatic heterocycles. The van der Waals surface area contributed by atoms with E-state index in [9.17, 15) is 9.59 Å². The zero-order chi connectivity index (χ0) is 21.1. The van der Waals surface area contributed by atoms with E-state index in [0.717, 1.165) is 22.4 Å². The average Bonchev–Trinajstić information content (AvgIpc) is 3.23. The second-order valence-electron chi connectivity index (χ2n) is 7.84. The van der Waals surface area contributed by atoms with Crippen LogP contribution in [0.1, 0.15) is 34.5 Å². The Balaban J connectivity index is 1.34. The predicted octanol–water partition coefficient (Wildman–Crippen LogP) is 3.58. The van der Waals surface area contributed by atoms with Crippen molar-refractivity contribution in [1.29, 1.82) is 0 Å². The summed E-state index contributed by atoms with van der Waals surface area (Å²) >= 11 is 0.